The standard InChI is InChI=1S/C16H14ClF4NO4S/c1-25-6-7-26-14-4-2-10(16(19,20)21)8-13(14)22-27(23,24)15-5-3-11(17)9-12(15)18/h2-5,8-9,22H,6-7H2,1H3. The Morgan fingerprint density at radius 3 is 2.41 bits per heavy atom. The van der Waals surface area contributed by atoms with E-state index in [4.69, 9.17) is 21.1 Å². The molecule has 0 fully saturated rings. The Kier molecular flexibility index (Phi) is 6.55. The van der Waals surface area contributed by atoms with E-state index in [1.54, 1.807) is 0 Å². The summed E-state index contributed by atoms with van der Waals surface area (Å²) in [5, 5.41) is -0.0332. The van der Waals surface area contributed by atoms with Crippen LogP contribution in [0.5, 0.6) is 5.75 Å². The average molecular weight is 428 g/mol. The van der Waals surface area contributed by atoms with Crippen LogP contribution in [0.15, 0.2) is 41.3 Å². The lowest BCUT2D eigenvalue weighted by molar-refractivity contribution is -0.137. The molecule has 0 atom stereocenters. The van der Waals surface area contributed by atoms with Crippen molar-refractivity contribution in [3.63, 3.8) is 0 Å². The highest BCUT2D eigenvalue weighted by molar-refractivity contribution is 7.92. The van der Waals surface area contributed by atoms with E-state index in [1.165, 1.54) is 7.11 Å². The Morgan fingerprint density at radius 2 is 1.81 bits per heavy atom. The molecule has 0 aliphatic rings. The van der Waals surface area contributed by atoms with E-state index >= 15 is 0 Å². The van der Waals surface area contributed by atoms with Crippen molar-refractivity contribution in [1.29, 1.82) is 0 Å². The first-order chi connectivity index (χ1) is 12.5. The van der Waals surface area contributed by atoms with E-state index in [-0.39, 0.29) is 24.0 Å². The highest BCUT2D eigenvalue weighted by Crippen LogP contribution is 2.36. The molecule has 2 aromatic carbocycles. The molecule has 0 bridgehead atoms. The van der Waals surface area contributed by atoms with Gasteiger partial charge in [-0.1, -0.05) is 11.6 Å². The molecule has 5 nitrogen and oxygen atoms in total. The molecule has 1 N–H and O–H groups in total. The van der Waals surface area contributed by atoms with E-state index < -0.39 is 38.2 Å². The fraction of sp³-hybridized carbons (Fsp3) is 0.250. The number of nitrogens with one attached hydrogen (secondary N) is 1. The maximum Gasteiger partial charge on any atom is 0.416 e. The summed E-state index contributed by atoms with van der Waals surface area (Å²) in [5.41, 5.74) is -1.59. The van der Waals surface area contributed by atoms with Crippen molar-refractivity contribution in [2.75, 3.05) is 25.0 Å². The first-order valence-corrected chi connectivity index (χ1v) is 9.21. The molecule has 148 valence electrons. The lowest BCUT2D eigenvalue weighted by Gasteiger charge is -2.16. The fourth-order valence-corrected chi connectivity index (χ4v) is 3.32. The molecule has 0 saturated heterocycles. The number of sulfonamides is 1. The molecule has 11 heteroatoms. The number of rotatable bonds is 7. The van der Waals surface area contributed by atoms with Crippen LogP contribution in [-0.4, -0.2) is 28.7 Å². The molecule has 0 amide bonds. The summed E-state index contributed by atoms with van der Waals surface area (Å²) in [5.74, 6) is -1.32. The van der Waals surface area contributed by atoms with Crippen molar-refractivity contribution < 1.29 is 35.5 Å². The van der Waals surface area contributed by atoms with Gasteiger partial charge in [0.2, 0.25) is 0 Å². The minimum Gasteiger partial charge on any atom is -0.489 e. The zero-order valence-corrected chi connectivity index (χ0v) is 15.4. The van der Waals surface area contributed by atoms with Gasteiger partial charge in [0.15, 0.2) is 0 Å². The van der Waals surface area contributed by atoms with Crippen LogP contribution in [0.25, 0.3) is 0 Å². The van der Waals surface area contributed by atoms with Gasteiger partial charge >= 0.3 is 6.18 Å². The Labute approximate surface area is 157 Å². The second-order valence-electron chi connectivity index (χ2n) is 5.23. The normalized spacial score (nSPS) is 12.1. The summed E-state index contributed by atoms with van der Waals surface area (Å²) in [4.78, 5) is -0.771. The average Bonchev–Trinajstić information content (AvgIpc) is 2.54. The zero-order valence-electron chi connectivity index (χ0n) is 13.8. The van der Waals surface area contributed by atoms with Gasteiger partial charge in [0.05, 0.1) is 17.9 Å². The number of methoxy groups -OCH3 is 1. The molecule has 0 saturated carbocycles. The Bertz CT molecular complexity index is 919. The molecule has 2 rings (SSSR count). The topological polar surface area (TPSA) is 64.6 Å². The lowest BCUT2D eigenvalue weighted by Crippen LogP contribution is -2.17. The third-order valence-corrected chi connectivity index (χ3v) is 4.91. The number of anilines is 1. The van der Waals surface area contributed by atoms with E-state index in [1.807, 2.05) is 4.72 Å². The first-order valence-electron chi connectivity index (χ1n) is 7.35. The molecule has 0 aliphatic carbocycles. The summed E-state index contributed by atoms with van der Waals surface area (Å²) < 4.78 is 89.6. The van der Waals surface area contributed by atoms with Crippen LogP contribution in [-0.2, 0) is 20.9 Å². The van der Waals surface area contributed by atoms with Crippen LogP contribution >= 0.6 is 11.6 Å². The van der Waals surface area contributed by atoms with Crippen molar-refractivity contribution in [2.24, 2.45) is 0 Å². The Balaban J connectivity index is 2.44. The maximum absolute atomic E-state index is 13.9. The molecular weight excluding hydrogens is 414 g/mol. The number of hydrogen-bond acceptors (Lipinski definition) is 4. The number of halogens is 5. The van der Waals surface area contributed by atoms with Crippen molar-refractivity contribution in [2.45, 2.75) is 11.1 Å². The van der Waals surface area contributed by atoms with Gasteiger partial charge in [0, 0.05) is 12.1 Å². The minimum atomic E-state index is -4.71. The fourth-order valence-electron chi connectivity index (χ4n) is 2.04. The molecule has 0 spiro atoms. The number of benzene rings is 2. The van der Waals surface area contributed by atoms with Crippen LogP contribution < -0.4 is 9.46 Å². The number of hydrogen-bond donors (Lipinski definition) is 1. The third-order valence-electron chi connectivity index (χ3n) is 3.28. The maximum atomic E-state index is 13.9. The van der Waals surface area contributed by atoms with Gasteiger partial charge in [-0.3, -0.25) is 4.72 Å². The van der Waals surface area contributed by atoms with Gasteiger partial charge in [-0.25, -0.2) is 12.8 Å². The van der Waals surface area contributed by atoms with Gasteiger partial charge in [-0.15, -0.1) is 0 Å². The number of alkyl halides is 3. The smallest absolute Gasteiger partial charge is 0.416 e. The van der Waals surface area contributed by atoms with Crippen molar-refractivity contribution in [3.8, 4) is 5.75 Å². The second kappa shape index (κ2) is 8.32. The minimum absolute atomic E-state index is 0.0332. The van der Waals surface area contributed by atoms with E-state index in [2.05, 4.69) is 0 Å². The van der Waals surface area contributed by atoms with E-state index in [9.17, 15) is 26.0 Å². The molecule has 0 unspecified atom stereocenters. The molecule has 27 heavy (non-hydrogen) atoms. The number of ether oxygens (including phenoxy) is 2. The van der Waals surface area contributed by atoms with Gasteiger partial charge in [0.1, 0.15) is 23.1 Å². The predicted octanol–water partition coefficient (Wildman–Crippen LogP) is 4.32. The summed E-state index contributed by atoms with van der Waals surface area (Å²) in [6, 6.07) is 5.09. The van der Waals surface area contributed by atoms with Crippen LogP contribution in [0.2, 0.25) is 5.02 Å². The zero-order chi connectivity index (χ0) is 20.2. The molecule has 0 aliphatic heterocycles. The third kappa shape index (κ3) is 5.47. The summed E-state index contributed by atoms with van der Waals surface area (Å²) in [7, 11) is -3.15. The SMILES string of the molecule is COCCOc1ccc(C(F)(F)F)cc1NS(=O)(=O)c1ccc(Cl)cc1F. The van der Waals surface area contributed by atoms with E-state index in [0.29, 0.717) is 6.07 Å². The lowest BCUT2D eigenvalue weighted by atomic mass is 10.2. The van der Waals surface area contributed by atoms with Gasteiger partial charge in [-0.2, -0.15) is 13.2 Å². The summed E-state index contributed by atoms with van der Waals surface area (Å²) in [6.07, 6.45) is -4.71. The van der Waals surface area contributed by atoms with Crippen LogP contribution in [0.1, 0.15) is 5.56 Å². The molecule has 0 radical (unpaired) electrons. The van der Waals surface area contributed by atoms with Crippen molar-refractivity contribution in [1.82, 2.24) is 0 Å². The van der Waals surface area contributed by atoms with Crippen LogP contribution in [0.3, 0.4) is 0 Å². The van der Waals surface area contributed by atoms with Gasteiger partial charge in [0.25, 0.3) is 10.0 Å². The van der Waals surface area contributed by atoms with Gasteiger partial charge in [-0.05, 0) is 36.4 Å². The molecule has 2 aromatic rings. The summed E-state index contributed by atoms with van der Waals surface area (Å²) in [6.45, 7) is 0.0882. The molecule has 0 aromatic heterocycles. The highest BCUT2D eigenvalue weighted by Gasteiger charge is 2.32. The molecule has 0 heterocycles. The Morgan fingerprint density at radius 1 is 1.11 bits per heavy atom. The van der Waals surface area contributed by atoms with E-state index in [0.717, 1.165) is 30.3 Å². The van der Waals surface area contributed by atoms with Crippen LogP contribution in [0, 0.1) is 5.82 Å². The monoisotopic (exact) mass is 427 g/mol. The van der Waals surface area contributed by atoms with Crippen molar-refractivity contribution >= 4 is 27.3 Å². The summed E-state index contributed by atoms with van der Waals surface area (Å²) >= 11 is 5.58. The van der Waals surface area contributed by atoms with Crippen molar-refractivity contribution in [3.05, 3.63) is 52.8 Å². The van der Waals surface area contributed by atoms with Crippen LogP contribution in [0.4, 0.5) is 23.2 Å². The highest BCUT2D eigenvalue weighted by atomic mass is 35.5. The Hall–Kier alpha value is -2.04. The van der Waals surface area contributed by atoms with Gasteiger partial charge < -0.3 is 9.47 Å². The quantitative estimate of drug-likeness (QED) is 0.528. The molecular formula is C16H14ClF4NO4S. The predicted molar refractivity (Wildman–Crippen MR) is 91.0 cm³/mol. The first kappa shape index (κ1) is 21.3. The largest absolute Gasteiger partial charge is 0.489 e. The second-order valence-corrected chi connectivity index (χ2v) is 7.32.